The summed E-state index contributed by atoms with van der Waals surface area (Å²) in [6.07, 6.45) is 3.09. The van der Waals surface area contributed by atoms with Crippen LogP contribution in [0.5, 0.6) is 0 Å². The SMILES string of the molecule is CC(Nc1ncccn1)C(=O)O. The molecule has 0 radical (unpaired) electrons. The number of anilines is 1. The Balaban J connectivity index is 2.58. The molecule has 1 aromatic heterocycles. The molecule has 1 rings (SSSR count). The third-order valence-electron chi connectivity index (χ3n) is 1.28. The van der Waals surface area contributed by atoms with Crippen LogP contribution in [0.3, 0.4) is 0 Å². The number of hydrogen-bond donors (Lipinski definition) is 2. The van der Waals surface area contributed by atoms with Crippen molar-refractivity contribution in [3.05, 3.63) is 18.5 Å². The van der Waals surface area contributed by atoms with Gasteiger partial charge < -0.3 is 10.4 Å². The molecule has 0 aliphatic carbocycles. The van der Waals surface area contributed by atoms with Gasteiger partial charge in [0.15, 0.2) is 0 Å². The third kappa shape index (κ3) is 2.19. The van der Waals surface area contributed by atoms with Crippen molar-refractivity contribution in [3.8, 4) is 0 Å². The highest BCUT2D eigenvalue weighted by molar-refractivity contribution is 5.75. The maximum absolute atomic E-state index is 10.4. The van der Waals surface area contributed by atoms with Crippen LogP contribution >= 0.6 is 0 Å². The van der Waals surface area contributed by atoms with Crippen molar-refractivity contribution < 1.29 is 9.90 Å². The summed E-state index contributed by atoms with van der Waals surface area (Å²) < 4.78 is 0. The molecule has 0 spiro atoms. The Bertz CT molecular complexity index is 263. The van der Waals surface area contributed by atoms with Crippen LogP contribution in [0.1, 0.15) is 6.92 Å². The van der Waals surface area contributed by atoms with Gasteiger partial charge >= 0.3 is 5.97 Å². The van der Waals surface area contributed by atoms with E-state index in [4.69, 9.17) is 5.11 Å². The molecule has 0 bridgehead atoms. The van der Waals surface area contributed by atoms with E-state index in [-0.39, 0.29) is 0 Å². The van der Waals surface area contributed by atoms with E-state index in [1.54, 1.807) is 18.5 Å². The minimum Gasteiger partial charge on any atom is -0.480 e. The second-order valence-electron chi connectivity index (χ2n) is 2.28. The van der Waals surface area contributed by atoms with E-state index in [1.807, 2.05) is 0 Å². The number of nitrogens with zero attached hydrogens (tertiary/aromatic N) is 2. The van der Waals surface area contributed by atoms with Gasteiger partial charge in [0.2, 0.25) is 5.95 Å². The van der Waals surface area contributed by atoms with Crippen molar-refractivity contribution in [2.24, 2.45) is 0 Å². The molecule has 0 aliphatic heterocycles. The first-order chi connectivity index (χ1) is 5.70. The molecular formula is C7H9N3O2. The highest BCUT2D eigenvalue weighted by Crippen LogP contribution is 1.97. The van der Waals surface area contributed by atoms with Gasteiger partial charge in [0.1, 0.15) is 6.04 Å². The number of nitrogens with one attached hydrogen (secondary N) is 1. The molecule has 0 saturated heterocycles. The largest absolute Gasteiger partial charge is 0.480 e. The molecule has 1 unspecified atom stereocenters. The highest BCUT2D eigenvalue weighted by atomic mass is 16.4. The van der Waals surface area contributed by atoms with E-state index in [1.165, 1.54) is 6.92 Å². The van der Waals surface area contributed by atoms with Gasteiger partial charge in [-0.05, 0) is 13.0 Å². The Morgan fingerprint density at radius 1 is 1.58 bits per heavy atom. The summed E-state index contributed by atoms with van der Waals surface area (Å²) >= 11 is 0. The zero-order valence-corrected chi connectivity index (χ0v) is 6.56. The molecule has 5 heteroatoms. The molecule has 1 heterocycles. The maximum Gasteiger partial charge on any atom is 0.325 e. The van der Waals surface area contributed by atoms with Gasteiger partial charge in [0.25, 0.3) is 0 Å². The lowest BCUT2D eigenvalue weighted by Gasteiger charge is -2.07. The van der Waals surface area contributed by atoms with Gasteiger partial charge in [0, 0.05) is 12.4 Å². The Kier molecular flexibility index (Phi) is 2.57. The van der Waals surface area contributed by atoms with Crippen LogP contribution in [0.15, 0.2) is 18.5 Å². The lowest BCUT2D eigenvalue weighted by molar-refractivity contribution is -0.137. The molecule has 12 heavy (non-hydrogen) atoms. The van der Waals surface area contributed by atoms with E-state index < -0.39 is 12.0 Å². The molecule has 5 nitrogen and oxygen atoms in total. The quantitative estimate of drug-likeness (QED) is 0.679. The second-order valence-corrected chi connectivity index (χ2v) is 2.28. The van der Waals surface area contributed by atoms with Gasteiger partial charge in [0.05, 0.1) is 0 Å². The van der Waals surface area contributed by atoms with E-state index >= 15 is 0 Å². The van der Waals surface area contributed by atoms with Crippen LogP contribution in [-0.4, -0.2) is 27.1 Å². The first-order valence-electron chi connectivity index (χ1n) is 3.46. The first kappa shape index (κ1) is 8.45. The molecule has 64 valence electrons. The monoisotopic (exact) mass is 167 g/mol. The first-order valence-corrected chi connectivity index (χ1v) is 3.46. The number of hydrogen-bond acceptors (Lipinski definition) is 4. The van der Waals surface area contributed by atoms with Crippen molar-refractivity contribution in [1.82, 2.24) is 9.97 Å². The number of aromatic nitrogens is 2. The molecule has 0 aliphatic rings. The molecule has 0 saturated carbocycles. The minimum absolute atomic E-state index is 0.326. The Morgan fingerprint density at radius 2 is 2.17 bits per heavy atom. The third-order valence-corrected chi connectivity index (χ3v) is 1.28. The minimum atomic E-state index is -0.928. The number of rotatable bonds is 3. The number of carbonyl (C=O) groups is 1. The molecular weight excluding hydrogens is 158 g/mol. The average Bonchev–Trinajstić information content (AvgIpc) is 2.06. The Hall–Kier alpha value is -1.65. The van der Waals surface area contributed by atoms with Gasteiger partial charge in [-0.25, -0.2) is 9.97 Å². The maximum atomic E-state index is 10.4. The van der Waals surface area contributed by atoms with Crippen molar-refractivity contribution in [2.75, 3.05) is 5.32 Å². The molecule has 0 fully saturated rings. The predicted octanol–water partition coefficient (Wildman–Crippen LogP) is 0.362. The molecule has 1 aromatic rings. The van der Waals surface area contributed by atoms with Crippen LogP contribution in [0.25, 0.3) is 0 Å². The smallest absolute Gasteiger partial charge is 0.325 e. The molecule has 2 N–H and O–H groups in total. The van der Waals surface area contributed by atoms with E-state index in [0.717, 1.165) is 0 Å². The van der Waals surface area contributed by atoms with E-state index in [0.29, 0.717) is 5.95 Å². The lowest BCUT2D eigenvalue weighted by atomic mass is 10.3. The summed E-state index contributed by atoms with van der Waals surface area (Å²) in [5.41, 5.74) is 0. The molecule has 1 atom stereocenters. The van der Waals surface area contributed by atoms with Crippen molar-refractivity contribution in [2.45, 2.75) is 13.0 Å². The number of carboxylic acids is 1. The second kappa shape index (κ2) is 3.66. The van der Waals surface area contributed by atoms with Crippen molar-refractivity contribution >= 4 is 11.9 Å². The fraction of sp³-hybridized carbons (Fsp3) is 0.286. The van der Waals surface area contributed by atoms with Gasteiger partial charge in [-0.1, -0.05) is 0 Å². The predicted molar refractivity (Wildman–Crippen MR) is 42.8 cm³/mol. The Morgan fingerprint density at radius 3 is 2.67 bits per heavy atom. The standard InChI is InChI=1S/C7H9N3O2/c1-5(6(11)12)10-7-8-3-2-4-9-7/h2-5H,1H3,(H,11,12)(H,8,9,10). The fourth-order valence-corrected chi connectivity index (χ4v) is 0.629. The average molecular weight is 167 g/mol. The van der Waals surface area contributed by atoms with Crippen LogP contribution in [0, 0.1) is 0 Å². The van der Waals surface area contributed by atoms with Crippen LogP contribution < -0.4 is 5.32 Å². The molecule has 0 aromatic carbocycles. The number of aliphatic carboxylic acids is 1. The summed E-state index contributed by atoms with van der Waals surface area (Å²) in [6.45, 7) is 1.53. The zero-order chi connectivity index (χ0) is 8.97. The summed E-state index contributed by atoms with van der Waals surface area (Å²) in [5, 5.41) is 11.1. The summed E-state index contributed by atoms with van der Waals surface area (Å²) in [7, 11) is 0. The van der Waals surface area contributed by atoms with Crippen LogP contribution in [0.4, 0.5) is 5.95 Å². The fourth-order valence-electron chi connectivity index (χ4n) is 0.629. The topological polar surface area (TPSA) is 75.1 Å². The van der Waals surface area contributed by atoms with Crippen molar-refractivity contribution in [3.63, 3.8) is 0 Å². The van der Waals surface area contributed by atoms with Gasteiger partial charge in [-0.3, -0.25) is 4.79 Å². The van der Waals surface area contributed by atoms with Gasteiger partial charge in [-0.15, -0.1) is 0 Å². The summed E-state index contributed by atoms with van der Waals surface area (Å²) in [4.78, 5) is 18.0. The normalized spacial score (nSPS) is 12.1. The van der Waals surface area contributed by atoms with Crippen LogP contribution in [0.2, 0.25) is 0 Å². The summed E-state index contributed by atoms with van der Waals surface area (Å²) in [5.74, 6) is -0.602. The Labute approximate surface area is 69.5 Å². The van der Waals surface area contributed by atoms with Gasteiger partial charge in [-0.2, -0.15) is 0 Å². The van der Waals surface area contributed by atoms with Crippen LogP contribution in [-0.2, 0) is 4.79 Å². The van der Waals surface area contributed by atoms with E-state index in [2.05, 4.69) is 15.3 Å². The molecule has 0 amide bonds. The number of carboxylic acid groups (broad SMARTS) is 1. The highest BCUT2D eigenvalue weighted by Gasteiger charge is 2.10. The van der Waals surface area contributed by atoms with E-state index in [9.17, 15) is 4.79 Å². The zero-order valence-electron chi connectivity index (χ0n) is 6.56. The van der Waals surface area contributed by atoms with Crippen molar-refractivity contribution in [1.29, 1.82) is 0 Å². The lowest BCUT2D eigenvalue weighted by Crippen LogP contribution is -2.26. The summed E-state index contributed by atoms with van der Waals surface area (Å²) in [6, 6.07) is 0.990.